The van der Waals surface area contributed by atoms with Gasteiger partial charge in [-0.3, -0.25) is 32.5 Å². The third kappa shape index (κ3) is 5.31. The molecule has 23 nitrogen and oxygen atoms in total. The molecule has 25 heteroatoms. The maximum atomic E-state index is 13.2. The van der Waals surface area contributed by atoms with Gasteiger partial charge in [-0.25, -0.2) is 34.2 Å². The fourth-order valence-electron chi connectivity index (χ4n) is 5.41. The monoisotopic (exact) mass is 673 g/mol. The van der Waals surface area contributed by atoms with Gasteiger partial charge in [0.1, 0.15) is 42.4 Å². The highest BCUT2D eigenvalue weighted by Crippen LogP contribution is 2.51. The first-order chi connectivity index (χ1) is 21.3. The maximum absolute atomic E-state index is 13.2. The molecule has 7 heterocycles. The molecule has 0 radical (unpaired) electrons. The van der Waals surface area contributed by atoms with Gasteiger partial charge in [-0.1, -0.05) is 0 Å². The Hall–Kier alpha value is -3.44. The van der Waals surface area contributed by atoms with E-state index in [-0.39, 0.29) is 34.1 Å². The number of imidazole rings is 2. The van der Waals surface area contributed by atoms with Gasteiger partial charge in [-0.15, -0.1) is 0 Å². The van der Waals surface area contributed by atoms with Crippen LogP contribution in [0, 0.1) is 0 Å². The third-order valence-electron chi connectivity index (χ3n) is 7.46. The summed E-state index contributed by atoms with van der Waals surface area (Å²) < 4.78 is 56.2. The van der Waals surface area contributed by atoms with Gasteiger partial charge in [0, 0.05) is 0 Å². The number of aromatic amines is 1. The van der Waals surface area contributed by atoms with E-state index in [0.29, 0.717) is 0 Å². The maximum Gasteiger partial charge on any atom is 0.472 e. The van der Waals surface area contributed by atoms with Gasteiger partial charge >= 0.3 is 15.6 Å². The molecule has 0 aliphatic carbocycles. The zero-order valence-electron chi connectivity index (χ0n) is 22.5. The van der Waals surface area contributed by atoms with Gasteiger partial charge in [0.2, 0.25) is 5.95 Å². The highest BCUT2D eigenvalue weighted by molar-refractivity contribution is 7.50. The van der Waals surface area contributed by atoms with Crippen LogP contribution in [0.5, 0.6) is 0 Å². The Labute approximate surface area is 249 Å². The average molecular weight is 673 g/mol. The molecule has 0 amide bonds. The second-order valence-electron chi connectivity index (χ2n) is 10.3. The molecule has 3 aliphatic heterocycles. The fraction of sp³-hybridized carbons (Fsp3) is 0.500. The largest absolute Gasteiger partial charge is 0.472 e. The lowest BCUT2D eigenvalue weighted by atomic mass is 10.1. The summed E-state index contributed by atoms with van der Waals surface area (Å²) in [4.78, 5) is 56.0. The van der Waals surface area contributed by atoms with Crippen molar-refractivity contribution in [3.05, 3.63) is 29.3 Å². The summed E-state index contributed by atoms with van der Waals surface area (Å²) in [5.41, 5.74) is 10.9. The van der Waals surface area contributed by atoms with E-state index in [4.69, 9.17) is 34.5 Å². The van der Waals surface area contributed by atoms with Crippen LogP contribution in [0.3, 0.4) is 0 Å². The zero-order valence-corrected chi connectivity index (χ0v) is 24.3. The van der Waals surface area contributed by atoms with Gasteiger partial charge < -0.3 is 40.9 Å². The van der Waals surface area contributed by atoms with Crippen molar-refractivity contribution in [2.24, 2.45) is 0 Å². The Kier molecular flexibility index (Phi) is 7.27. The van der Waals surface area contributed by atoms with Crippen LogP contribution in [-0.4, -0.2) is 109 Å². The molecule has 3 saturated heterocycles. The minimum absolute atomic E-state index is 0.0500. The lowest BCUT2D eigenvalue weighted by Gasteiger charge is -2.26. The molecule has 10 N–H and O–H groups in total. The Morgan fingerprint density at radius 2 is 1.58 bits per heavy atom. The lowest BCUT2D eigenvalue weighted by molar-refractivity contribution is -0.0594. The summed E-state index contributed by atoms with van der Waals surface area (Å²) in [6, 6.07) is -1.43. The summed E-state index contributed by atoms with van der Waals surface area (Å²) in [5, 5.41) is 24.5. The van der Waals surface area contributed by atoms with E-state index in [9.17, 15) is 33.9 Å². The number of nitrogens with two attached hydrogens (primary N) is 2. The molecular formula is C20H25N11O12P2. The van der Waals surface area contributed by atoms with E-state index in [1.165, 1.54) is 10.9 Å². The van der Waals surface area contributed by atoms with E-state index in [2.05, 4.69) is 35.0 Å². The molecule has 10 atom stereocenters. The van der Waals surface area contributed by atoms with Gasteiger partial charge in [0.15, 0.2) is 35.1 Å². The van der Waals surface area contributed by atoms with E-state index in [1.807, 2.05) is 0 Å². The van der Waals surface area contributed by atoms with Gasteiger partial charge in [0.25, 0.3) is 5.56 Å². The van der Waals surface area contributed by atoms with Crippen LogP contribution in [0.1, 0.15) is 12.5 Å². The Morgan fingerprint density at radius 3 is 2.36 bits per heavy atom. The minimum atomic E-state index is -5.09. The van der Waals surface area contributed by atoms with E-state index in [0.717, 1.165) is 17.2 Å². The van der Waals surface area contributed by atoms with Crippen LogP contribution in [0.4, 0.5) is 11.8 Å². The Morgan fingerprint density at radius 1 is 0.889 bits per heavy atom. The number of ether oxygens (including phenoxy) is 2. The number of rotatable bonds is 2. The number of phosphoric ester groups is 1. The second kappa shape index (κ2) is 10.8. The third-order valence-corrected chi connectivity index (χ3v) is 9.57. The molecule has 0 saturated carbocycles. The summed E-state index contributed by atoms with van der Waals surface area (Å²) in [7, 11) is -9.90. The molecule has 4 aromatic rings. The van der Waals surface area contributed by atoms with Crippen molar-refractivity contribution in [1.29, 1.82) is 0 Å². The molecule has 0 aromatic carbocycles. The number of aliphatic hydroxyl groups excluding tert-OH is 2. The molecule has 242 valence electrons. The number of hydrogen-bond acceptors (Lipinski definition) is 17. The first kappa shape index (κ1) is 30.2. The minimum Gasteiger partial charge on any atom is -0.387 e. The van der Waals surface area contributed by atoms with Crippen LogP contribution in [0.2, 0.25) is 0 Å². The van der Waals surface area contributed by atoms with Gasteiger partial charge in [0.05, 0.1) is 31.9 Å². The molecule has 4 aromatic heterocycles. The number of nitrogen functional groups attached to an aromatic ring is 2. The predicted molar refractivity (Wildman–Crippen MR) is 145 cm³/mol. The van der Waals surface area contributed by atoms with Crippen molar-refractivity contribution < 1.29 is 52.2 Å². The van der Waals surface area contributed by atoms with Crippen LogP contribution in [0.15, 0.2) is 23.8 Å². The normalized spacial score (nSPS) is 37.7. The number of anilines is 2. The number of hydrogen-bond donors (Lipinski definition) is 8. The van der Waals surface area contributed by atoms with E-state index in [1.54, 1.807) is 0 Å². The van der Waals surface area contributed by atoms with E-state index < -0.39 is 83.4 Å². The lowest BCUT2D eigenvalue weighted by Crippen LogP contribution is -2.44. The van der Waals surface area contributed by atoms with Crippen molar-refractivity contribution in [3.63, 3.8) is 0 Å². The number of nitrogens with one attached hydrogen (secondary N) is 2. The van der Waals surface area contributed by atoms with Crippen molar-refractivity contribution >= 4 is 49.7 Å². The van der Waals surface area contributed by atoms with Gasteiger partial charge in [-0.2, -0.15) is 4.98 Å². The molecular weight excluding hydrogens is 648 g/mol. The quantitative estimate of drug-likeness (QED) is 0.0998. The molecule has 3 aliphatic rings. The van der Waals surface area contributed by atoms with Gasteiger partial charge in [-0.05, 0) is 0 Å². The van der Waals surface area contributed by atoms with Crippen molar-refractivity contribution in [2.45, 2.75) is 49.0 Å². The number of nitrogens with zero attached hydrogens (tertiary/aromatic N) is 7. The molecule has 0 spiro atoms. The van der Waals surface area contributed by atoms with Crippen LogP contribution < -0.4 is 22.1 Å². The summed E-state index contributed by atoms with van der Waals surface area (Å²) in [6.45, 7) is -1.53. The van der Waals surface area contributed by atoms with Crippen molar-refractivity contribution in [2.75, 3.05) is 24.7 Å². The van der Waals surface area contributed by atoms with E-state index >= 15 is 0 Å². The number of aromatic nitrogens is 8. The molecule has 7 rings (SSSR count). The summed E-state index contributed by atoms with van der Waals surface area (Å²) in [6.07, 6.45) is -7.09. The Balaban J connectivity index is 1.21. The standard InChI is InChI=1S/C20H25N11O12P2/c21-14-9-15(24-3-23-14)30(4-25-9)18-12(33)8-6(41-18)1-40-45(37,38)43-13-11(32)7(2-39-44(35,36)29-8)42-19(13)31-5-26-10-16(31)27-20(22)28-17(10)34/h3-8,11-13,18-19,32-33H,1-2H2,(H,37,38)(H2,21,23,24)(H2,29,35,36)(H3,22,27,28,34). The molecule has 45 heavy (non-hydrogen) atoms. The highest BCUT2D eigenvalue weighted by atomic mass is 31.2. The number of aliphatic hydroxyl groups is 2. The zero-order chi connectivity index (χ0) is 31.8. The second-order valence-corrected chi connectivity index (χ2v) is 13.2. The molecule has 3 fully saturated rings. The van der Waals surface area contributed by atoms with Crippen LogP contribution >= 0.6 is 15.6 Å². The summed E-state index contributed by atoms with van der Waals surface area (Å²) in [5.74, 6) is -0.226. The number of H-pyrrole nitrogens is 1. The average Bonchev–Trinajstić information content (AvgIpc) is 3.72. The topological polar surface area (TPSA) is 332 Å². The van der Waals surface area contributed by atoms with Crippen LogP contribution in [-0.2, 0) is 32.2 Å². The number of fused-ring (bicyclic) bond motifs is 5. The Bertz CT molecular complexity index is 1940. The smallest absolute Gasteiger partial charge is 0.387 e. The first-order valence-corrected chi connectivity index (χ1v) is 16.1. The van der Waals surface area contributed by atoms with Crippen LogP contribution in [0.25, 0.3) is 22.3 Å². The van der Waals surface area contributed by atoms with Crippen molar-refractivity contribution in [1.82, 2.24) is 44.1 Å². The fourth-order valence-corrected chi connectivity index (χ4v) is 7.46. The SMILES string of the molecule is Nc1nc2c(ncn2C2OC3COP(=O)(O)NC4C(COP(=O)(O)OC2C3O)OC(n2cnc3c(N)ncnc32)C4O)c(=O)[nH]1. The summed E-state index contributed by atoms with van der Waals surface area (Å²) >= 11 is 0. The van der Waals surface area contributed by atoms with Crippen molar-refractivity contribution in [3.8, 4) is 0 Å². The first-order valence-electron chi connectivity index (χ1n) is 13.0. The predicted octanol–water partition coefficient (Wildman–Crippen LogP) is -2.77. The highest BCUT2D eigenvalue weighted by Gasteiger charge is 2.53. The number of phosphoric acid groups is 1. The molecule has 10 unspecified atom stereocenters. The molecule has 2 bridgehead atoms.